The topological polar surface area (TPSA) is 72.2 Å². The van der Waals surface area contributed by atoms with Crippen molar-refractivity contribution < 1.29 is 8.42 Å². The van der Waals surface area contributed by atoms with E-state index in [1.165, 1.54) is 0 Å². The van der Waals surface area contributed by atoms with Gasteiger partial charge in [0.05, 0.1) is 9.80 Å². The molecule has 0 aromatic heterocycles. The fourth-order valence-corrected chi connectivity index (χ4v) is 4.02. The van der Waals surface area contributed by atoms with Crippen LogP contribution >= 0.6 is 0 Å². The molecule has 1 aromatic rings. The van der Waals surface area contributed by atoms with Crippen molar-refractivity contribution in [2.75, 3.05) is 6.54 Å². The van der Waals surface area contributed by atoms with Crippen molar-refractivity contribution in [1.82, 2.24) is 5.32 Å². The molecule has 0 bridgehead atoms. The number of hydrogen-bond acceptors (Lipinski definition) is 4. The van der Waals surface area contributed by atoms with Crippen LogP contribution in [0.25, 0.3) is 6.08 Å². The van der Waals surface area contributed by atoms with Crippen LogP contribution in [0.3, 0.4) is 0 Å². The predicted molar refractivity (Wildman–Crippen MR) is 70.5 cm³/mol. The molecule has 1 saturated carbocycles. The minimum absolute atomic E-state index is 0.250. The molecule has 1 fully saturated rings. The van der Waals surface area contributed by atoms with Gasteiger partial charge in [-0.15, -0.1) is 0 Å². The quantitative estimate of drug-likeness (QED) is 0.852. The lowest BCUT2D eigenvalue weighted by molar-refractivity contribution is 0.599. The molecule has 1 aromatic carbocycles. The van der Waals surface area contributed by atoms with E-state index in [-0.39, 0.29) is 6.54 Å². The van der Waals surface area contributed by atoms with Crippen molar-refractivity contribution in [1.29, 1.82) is 0 Å². The van der Waals surface area contributed by atoms with Crippen LogP contribution in [0.2, 0.25) is 0 Å². The normalized spacial score (nSPS) is 20.6. The summed E-state index contributed by atoms with van der Waals surface area (Å²) in [6.45, 7) is 0.672. The summed E-state index contributed by atoms with van der Waals surface area (Å²) in [5.74, 6) is 0. The third kappa shape index (κ3) is 1.88. The van der Waals surface area contributed by atoms with Gasteiger partial charge in [-0.2, -0.15) is 0 Å². The van der Waals surface area contributed by atoms with E-state index in [0.717, 1.165) is 18.4 Å². The lowest BCUT2D eigenvalue weighted by Gasteiger charge is -2.08. The molecule has 1 heterocycles. The second-order valence-electron chi connectivity index (χ2n) is 4.81. The van der Waals surface area contributed by atoms with Crippen LogP contribution in [0.5, 0.6) is 0 Å². The first-order chi connectivity index (χ1) is 8.63. The average molecular weight is 264 g/mol. The second-order valence-corrected chi connectivity index (χ2v) is 6.75. The SMILES string of the molecule is NCc1cccc2c1S(=O)(=O)C(CNC1CC1)=C2. The number of fused-ring (bicyclic) bond motifs is 1. The number of nitrogens with two attached hydrogens (primary N) is 1. The highest BCUT2D eigenvalue weighted by Gasteiger charge is 2.32. The number of nitrogens with one attached hydrogen (secondary N) is 1. The molecular weight excluding hydrogens is 248 g/mol. The second kappa shape index (κ2) is 4.19. The molecule has 3 rings (SSSR count). The minimum atomic E-state index is -3.34. The highest BCUT2D eigenvalue weighted by molar-refractivity contribution is 7.96. The Hall–Kier alpha value is -1.17. The van der Waals surface area contributed by atoms with Crippen molar-refractivity contribution >= 4 is 15.9 Å². The number of rotatable bonds is 4. The lowest BCUT2D eigenvalue weighted by Crippen LogP contribution is -2.22. The summed E-state index contributed by atoms with van der Waals surface area (Å²) in [7, 11) is -3.34. The first kappa shape index (κ1) is 11.9. The van der Waals surface area contributed by atoms with E-state index in [1.54, 1.807) is 12.1 Å². The van der Waals surface area contributed by atoms with Crippen molar-refractivity contribution in [3.05, 3.63) is 34.2 Å². The van der Waals surface area contributed by atoms with E-state index in [1.807, 2.05) is 12.1 Å². The molecule has 0 radical (unpaired) electrons. The molecule has 96 valence electrons. The Morgan fingerprint density at radius 1 is 1.33 bits per heavy atom. The third-order valence-electron chi connectivity index (χ3n) is 3.42. The fourth-order valence-electron chi connectivity index (χ4n) is 2.27. The Kier molecular flexibility index (Phi) is 2.77. The molecule has 1 aliphatic carbocycles. The molecule has 2 aliphatic rings. The van der Waals surface area contributed by atoms with Crippen LogP contribution in [-0.2, 0) is 16.4 Å². The fraction of sp³-hybridized carbons (Fsp3) is 0.385. The Morgan fingerprint density at radius 2 is 2.11 bits per heavy atom. The average Bonchev–Trinajstić information content (AvgIpc) is 3.13. The van der Waals surface area contributed by atoms with Crippen LogP contribution in [0, 0.1) is 0 Å². The number of sulfone groups is 1. The van der Waals surface area contributed by atoms with Crippen LogP contribution in [0.1, 0.15) is 24.0 Å². The standard InChI is InChI=1S/C13H16N2O2S/c14-7-10-3-1-2-9-6-12(8-15-11-4-5-11)18(16,17)13(9)10/h1-3,6,11,15H,4-5,7-8,14H2. The summed E-state index contributed by atoms with van der Waals surface area (Å²) < 4.78 is 24.9. The van der Waals surface area contributed by atoms with Gasteiger partial charge >= 0.3 is 0 Å². The van der Waals surface area contributed by atoms with Gasteiger partial charge in [-0.1, -0.05) is 18.2 Å². The van der Waals surface area contributed by atoms with Crippen LogP contribution in [0.15, 0.2) is 28.0 Å². The lowest BCUT2D eigenvalue weighted by atomic mass is 10.1. The maximum atomic E-state index is 12.4. The van der Waals surface area contributed by atoms with Crippen molar-refractivity contribution in [3.8, 4) is 0 Å². The molecule has 0 atom stereocenters. The van der Waals surface area contributed by atoms with Crippen LogP contribution < -0.4 is 11.1 Å². The Bertz CT molecular complexity index is 616. The summed E-state index contributed by atoms with van der Waals surface area (Å²) in [5, 5.41) is 3.25. The van der Waals surface area contributed by atoms with Gasteiger partial charge in [0, 0.05) is 19.1 Å². The zero-order valence-electron chi connectivity index (χ0n) is 10.0. The molecule has 5 heteroatoms. The van der Waals surface area contributed by atoms with Gasteiger partial charge in [-0.25, -0.2) is 8.42 Å². The van der Waals surface area contributed by atoms with Gasteiger partial charge in [-0.3, -0.25) is 0 Å². The van der Waals surface area contributed by atoms with Crippen LogP contribution in [0.4, 0.5) is 0 Å². The summed E-state index contributed by atoms with van der Waals surface area (Å²) >= 11 is 0. The van der Waals surface area contributed by atoms with Gasteiger partial charge in [0.2, 0.25) is 9.84 Å². The number of benzene rings is 1. The Morgan fingerprint density at radius 3 is 2.78 bits per heavy atom. The Balaban J connectivity index is 1.96. The molecule has 0 unspecified atom stereocenters. The molecule has 0 saturated heterocycles. The van der Waals surface area contributed by atoms with E-state index in [4.69, 9.17) is 5.73 Å². The Labute approximate surface area is 107 Å². The van der Waals surface area contributed by atoms with E-state index >= 15 is 0 Å². The minimum Gasteiger partial charge on any atom is -0.326 e. The predicted octanol–water partition coefficient (Wildman–Crippen LogP) is 1.03. The summed E-state index contributed by atoms with van der Waals surface area (Å²) in [6, 6.07) is 5.96. The highest BCUT2D eigenvalue weighted by Crippen LogP contribution is 2.35. The maximum Gasteiger partial charge on any atom is 0.204 e. The van der Waals surface area contributed by atoms with Gasteiger partial charge < -0.3 is 11.1 Å². The molecule has 3 N–H and O–H groups in total. The first-order valence-corrected chi connectivity index (χ1v) is 7.62. The van der Waals surface area contributed by atoms with Gasteiger partial charge in [0.15, 0.2) is 0 Å². The zero-order chi connectivity index (χ0) is 12.8. The molecule has 1 aliphatic heterocycles. The molecule has 4 nitrogen and oxygen atoms in total. The summed E-state index contributed by atoms with van der Waals surface area (Å²) in [5.41, 5.74) is 7.09. The summed E-state index contributed by atoms with van der Waals surface area (Å²) in [6.07, 6.45) is 4.06. The van der Waals surface area contributed by atoms with E-state index < -0.39 is 9.84 Å². The first-order valence-electron chi connectivity index (χ1n) is 6.14. The van der Waals surface area contributed by atoms with Gasteiger partial charge in [0.1, 0.15) is 0 Å². The van der Waals surface area contributed by atoms with Gasteiger partial charge in [0.25, 0.3) is 0 Å². The van der Waals surface area contributed by atoms with E-state index in [2.05, 4.69) is 5.32 Å². The van der Waals surface area contributed by atoms with Crippen molar-refractivity contribution in [3.63, 3.8) is 0 Å². The highest BCUT2D eigenvalue weighted by atomic mass is 32.2. The molecular formula is C13H16N2O2S. The zero-order valence-corrected chi connectivity index (χ0v) is 10.8. The van der Waals surface area contributed by atoms with Crippen molar-refractivity contribution in [2.45, 2.75) is 30.3 Å². The third-order valence-corrected chi connectivity index (χ3v) is 5.41. The van der Waals surface area contributed by atoms with Gasteiger partial charge in [-0.05, 0) is 30.0 Å². The summed E-state index contributed by atoms with van der Waals surface area (Å²) in [4.78, 5) is 0.866. The molecule has 0 amide bonds. The maximum absolute atomic E-state index is 12.4. The monoisotopic (exact) mass is 264 g/mol. The van der Waals surface area contributed by atoms with Crippen molar-refractivity contribution in [2.24, 2.45) is 5.73 Å². The number of hydrogen-bond donors (Lipinski definition) is 2. The molecule has 18 heavy (non-hydrogen) atoms. The van der Waals surface area contributed by atoms with Crippen LogP contribution in [-0.4, -0.2) is 21.0 Å². The van der Waals surface area contributed by atoms with E-state index in [9.17, 15) is 8.42 Å². The smallest absolute Gasteiger partial charge is 0.204 e. The molecule has 0 spiro atoms. The van der Waals surface area contributed by atoms with E-state index in [0.29, 0.717) is 28.0 Å². The largest absolute Gasteiger partial charge is 0.326 e.